The molecule has 0 saturated heterocycles. The Hall–Kier alpha value is -1.76. The van der Waals surface area contributed by atoms with E-state index in [2.05, 4.69) is 49.4 Å². The molecule has 0 spiro atoms. The summed E-state index contributed by atoms with van der Waals surface area (Å²) in [5.74, 6) is 0.554. The second kappa shape index (κ2) is 5.53. The van der Waals surface area contributed by atoms with Gasteiger partial charge in [-0.05, 0) is 42.0 Å². The Labute approximate surface area is 103 Å². The number of anilines is 1. The maximum Gasteiger partial charge on any atom is 0.0316 e. The highest BCUT2D eigenvalue weighted by Gasteiger charge is 2.05. The number of nitrogen functional groups attached to an aromatic ring is 1. The predicted octanol–water partition coefficient (Wildman–Crippen LogP) is 4.01. The summed E-state index contributed by atoms with van der Waals surface area (Å²) in [6.45, 7) is 2.26. The van der Waals surface area contributed by atoms with Crippen molar-refractivity contribution in [3.8, 4) is 0 Å². The molecule has 2 aromatic rings. The number of nitrogens with two attached hydrogens (primary N) is 1. The Balaban J connectivity index is 1.96. The van der Waals surface area contributed by atoms with Gasteiger partial charge >= 0.3 is 0 Å². The van der Waals surface area contributed by atoms with Crippen LogP contribution >= 0.6 is 0 Å². The molecule has 1 unspecified atom stereocenters. The molecule has 2 rings (SSSR count). The van der Waals surface area contributed by atoms with Crippen molar-refractivity contribution >= 4 is 5.69 Å². The Morgan fingerprint density at radius 2 is 1.76 bits per heavy atom. The van der Waals surface area contributed by atoms with Gasteiger partial charge in [0.15, 0.2) is 0 Å². The topological polar surface area (TPSA) is 26.0 Å². The number of hydrogen-bond donors (Lipinski definition) is 1. The van der Waals surface area contributed by atoms with Gasteiger partial charge in [0.2, 0.25) is 0 Å². The summed E-state index contributed by atoms with van der Waals surface area (Å²) >= 11 is 0. The molecule has 2 N–H and O–H groups in total. The minimum Gasteiger partial charge on any atom is -0.399 e. The minimum atomic E-state index is 0.554. The number of hydrogen-bond acceptors (Lipinski definition) is 1. The lowest BCUT2D eigenvalue weighted by Gasteiger charge is -2.12. The van der Waals surface area contributed by atoms with Crippen LogP contribution in [0.4, 0.5) is 5.69 Å². The quantitative estimate of drug-likeness (QED) is 0.782. The predicted molar refractivity (Wildman–Crippen MR) is 74.0 cm³/mol. The van der Waals surface area contributed by atoms with Crippen LogP contribution in [-0.2, 0) is 6.42 Å². The van der Waals surface area contributed by atoms with Crippen LogP contribution in [0.3, 0.4) is 0 Å². The van der Waals surface area contributed by atoms with Gasteiger partial charge in [-0.2, -0.15) is 0 Å². The average molecular weight is 225 g/mol. The fraction of sp³-hybridized carbons (Fsp3) is 0.250. The smallest absolute Gasteiger partial charge is 0.0316 e. The molecule has 2 aromatic carbocycles. The molecule has 0 bridgehead atoms. The zero-order valence-electron chi connectivity index (χ0n) is 10.3. The van der Waals surface area contributed by atoms with Crippen LogP contribution in [0.2, 0.25) is 0 Å². The van der Waals surface area contributed by atoms with Crippen LogP contribution in [-0.4, -0.2) is 0 Å². The van der Waals surface area contributed by atoms with E-state index in [1.54, 1.807) is 0 Å². The van der Waals surface area contributed by atoms with Crippen molar-refractivity contribution in [3.05, 3.63) is 65.7 Å². The van der Waals surface area contributed by atoms with E-state index >= 15 is 0 Å². The van der Waals surface area contributed by atoms with Crippen LogP contribution in [0.25, 0.3) is 0 Å². The highest BCUT2D eigenvalue weighted by atomic mass is 14.5. The standard InChI is InChI=1S/C16H19N/c1-13(15-8-5-9-16(17)12-15)10-11-14-6-3-2-4-7-14/h2-9,12-13H,10-11,17H2,1H3. The minimum absolute atomic E-state index is 0.554. The number of aryl methyl sites for hydroxylation is 1. The zero-order chi connectivity index (χ0) is 12.1. The number of benzene rings is 2. The first-order valence-electron chi connectivity index (χ1n) is 6.15. The van der Waals surface area contributed by atoms with Gasteiger partial charge in [-0.3, -0.25) is 0 Å². The van der Waals surface area contributed by atoms with Gasteiger partial charge in [0.1, 0.15) is 0 Å². The molecular formula is C16H19N. The fourth-order valence-corrected chi connectivity index (χ4v) is 2.06. The first-order valence-corrected chi connectivity index (χ1v) is 6.15. The summed E-state index contributed by atoms with van der Waals surface area (Å²) in [7, 11) is 0. The molecule has 0 aliphatic heterocycles. The van der Waals surface area contributed by atoms with E-state index in [9.17, 15) is 0 Å². The highest BCUT2D eigenvalue weighted by Crippen LogP contribution is 2.22. The van der Waals surface area contributed by atoms with Crippen molar-refractivity contribution in [2.75, 3.05) is 5.73 Å². The molecule has 1 atom stereocenters. The summed E-state index contributed by atoms with van der Waals surface area (Å²) in [6, 6.07) is 18.8. The molecule has 1 heteroatoms. The first-order chi connectivity index (χ1) is 8.25. The first kappa shape index (κ1) is 11.7. The van der Waals surface area contributed by atoms with Gasteiger partial charge in [-0.25, -0.2) is 0 Å². The lowest BCUT2D eigenvalue weighted by molar-refractivity contribution is 0.680. The van der Waals surface area contributed by atoms with Crippen molar-refractivity contribution in [2.45, 2.75) is 25.7 Å². The van der Waals surface area contributed by atoms with Crippen LogP contribution in [0.5, 0.6) is 0 Å². The van der Waals surface area contributed by atoms with E-state index in [0.29, 0.717) is 5.92 Å². The largest absolute Gasteiger partial charge is 0.399 e. The molecule has 0 radical (unpaired) electrons. The van der Waals surface area contributed by atoms with Gasteiger partial charge in [0.05, 0.1) is 0 Å². The van der Waals surface area contributed by atoms with Gasteiger partial charge in [-0.1, -0.05) is 49.4 Å². The third kappa shape index (κ3) is 3.35. The third-order valence-corrected chi connectivity index (χ3v) is 3.19. The molecule has 88 valence electrons. The Morgan fingerprint density at radius 3 is 2.47 bits per heavy atom. The molecule has 0 amide bonds. The van der Waals surface area contributed by atoms with E-state index in [0.717, 1.165) is 18.5 Å². The molecule has 0 fully saturated rings. The second-order valence-corrected chi connectivity index (χ2v) is 4.60. The van der Waals surface area contributed by atoms with Crippen LogP contribution in [0.1, 0.15) is 30.4 Å². The summed E-state index contributed by atoms with van der Waals surface area (Å²) in [6.07, 6.45) is 2.28. The number of rotatable bonds is 4. The molecule has 0 heterocycles. The maximum absolute atomic E-state index is 5.80. The summed E-state index contributed by atoms with van der Waals surface area (Å²) in [5.41, 5.74) is 9.40. The highest BCUT2D eigenvalue weighted by molar-refractivity contribution is 5.41. The zero-order valence-corrected chi connectivity index (χ0v) is 10.3. The molecular weight excluding hydrogens is 206 g/mol. The van der Waals surface area contributed by atoms with Gasteiger partial charge in [-0.15, -0.1) is 0 Å². The van der Waals surface area contributed by atoms with Crippen LogP contribution < -0.4 is 5.73 Å². The van der Waals surface area contributed by atoms with Crippen molar-refractivity contribution in [2.24, 2.45) is 0 Å². The van der Waals surface area contributed by atoms with Crippen molar-refractivity contribution in [1.29, 1.82) is 0 Å². The molecule has 0 aromatic heterocycles. The van der Waals surface area contributed by atoms with E-state index in [-0.39, 0.29) is 0 Å². The van der Waals surface area contributed by atoms with Crippen molar-refractivity contribution in [3.63, 3.8) is 0 Å². The van der Waals surface area contributed by atoms with Gasteiger partial charge < -0.3 is 5.73 Å². The van der Waals surface area contributed by atoms with Gasteiger partial charge in [0.25, 0.3) is 0 Å². The van der Waals surface area contributed by atoms with E-state index in [1.807, 2.05) is 12.1 Å². The van der Waals surface area contributed by atoms with E-state index < -0.39 is 0 Å². The maximum atomic E-state index is 5.80. The Bertz CT molecular complexity index is 462. The van der Waals surface area contributed by atoms with Gasteiger partial charge in [0, 0.05) is 5.69 Å². The third-order valence-electron chi connectivity index (χ3n) is 3.19. The SMILES string of the molecule is CC(CCc1ccccc1)c1cccc(N)c1. The Kier molecular flexibility index (Phi) is 3.81. The average Bonchev–Trinajstić information content (AvgIpc) is 2.37. The monoisotopic (exact) mass is 225 g/mol. The molecule has 17 heavy (non-hydrogen) atoms. The van der Waals surface area contributed by atoms with E-state index in [1.165, 1.54) is 11.1 Å². The lowest BCUT2D eigenvalue weighted by Crippen LogP contribution is -1.97. The fourth-order valence-electron chi connectivity index (χ4n) is 2.06. The van der Waals surface area contributed by atoms with E-state index in [4.69, 9.17) is 5.73 Å². The molecule has 1 nitrogen and oxygen atoms in total. The van der Waals surface area contributed by atoms with Crippen molar-refractivity contribution in [1.82, 2.24) is 0 Å². The summed E-state index contributed by atoms with van der Waals surface area (Å²) in [5, 5.41) is 0. The normalized spacial score (nSPS) is 12.3. The molecule has 0 saturated carbocycles. The summed E-state index contributed by atoms with van der Waals surface area (Å²) in [4.78, 5) is 0. The summed E-state index contributed by atoms with van der Waals surface area (Å²) < 4.78 is 0. The second-order valence-electron chi connectivity index (χ2n) is 4.60. The Morgan fingerprint density at radius 1 is 1.00 bits per heavy atom. The lowest BCUT2D eigenvalue weighted by atomic mass is 9.94. The van der Waals surface area contributed by atoms with Crippen LogP contribution in [0.15, 0.2) is 54.6 Å². The molecule has 0 aliphatic carbocycles. The van der Waals surface area contributed by atoms with Crippen molar-refractivity contribution < 1.29 is 0 Å². The van der Waals surface area contributed by atoms with Crippen LogP contribution in [0, 0.1) is 0 Å². The molecule has 0 aliphatic rings.